The first-order chi connectivity index (χ1) is 11.5. The van der Waals surface area contributed by atoms with Crippen molar-refractivity contribution in [2.75, 3.05) is 6.54 Å². The van der Waals surface area contributed by atoms with Crippen LogP contribution in [0.1, 0.15) is 27.7 Å². The number of aliphatic hydroxyl groups is 1. The number of hydrogen-bond donors (Lipinski definition) is 2. The van der Waals surface area contributed by atoms with E-state index >= 15 is 0 Å². The Kier molecular flexibility index (Phi) is 4.34. The lowest BCUT2D eigenvalue weighted by Crippen LogP contribution is -2.38. The molecule has 0 radical (unpaired) electrons. The minimum atomic E-state index is -1.16. The fourth-order valence-electron chi connectivity index (χ4n) is 2.42. The van der Waals surface area contributed by atoms with E-state index in [0.29, 0.717) is 11.1 Å². The fourth-order valence-corrected chi connectivity index (χ4v) is 3.53. The molecule has 1 atom stereocenters. The van der Waals surface area contributed by atoms with Crippen LogP contribution in [0.15, 0.2) is 54.6 Å². The molecule has 1 amide bonds. The molecule has 1 unspecified atom stereocenters. The Balaban J connectivity index is 1.74. The van der Waals surface area contributed by atoms with Crippen molar-refractivity contribution in [1.82, 2.24) is 5.32 Å². The van der Waals surface area contributed by atoms with Crippen molar-refractivity contribution < 1.29 is 9.90 Å². The van der Waals surface area contributed by atoms with E-state index < -0.39 is 5.60 Å². The number of amides is 1. The Labute approximate surface area is 144 Å². The molecule has 2 N–H and O–H groups in total. The number of carbonyl (C=O) groups excluding carboxylic acids is 1. The molecule has 0 saturated carbocycles. The molecular weight excluding hydrogens is 320 g/mol. The van der Waals surface area contributed by atoms with Gasteiger partial charge in [0.25, 0.3) is 5.91 Å². The maximum absolute atomic E-state index is 12.2. The predicted molar refractivity (Wildman–Crippen MR) is 94.9 cm³/mol. The van der Waals surface area contributed by atoms with Crippen molar-refractivity contribution >= 4 is 27.3 Å². The number of nitrogens with one attached hydrogen (secondary N) is 1. The van der Waals surface area contributed by atoms with Crippen LogP contribution >= 0.6 is 11.3 Å². The van der Waals surface area contributed by atoms with Gasteiger partial charge in [-0.15, -0.1) is 11.3 Å². The fraction of sp³-hybridized carbons (Fsp3) is 0.158. The van der Waals surface area contributed by atoms with E-state index in [4.69, 9.17) is 5.26 Å². The van der Waals surface area contributed by atoms with E-state index in [9.17, 15) is 9.90 Å². The zero-order valence-corrected chi connectivity index (χ0v) is 13.9. The number of nitriles is 1. The Bertz CT molecular complexity index is 905. The standard InChI is InChI=1S/C19H16N2O2S/c1-19(23,17-10-14-6-2-3-8-16(14)24-17)12-21-18(22)15-7-4-5-13(9-15)11-20/h2-10,23H,12H2,1H3,(H,21,22). The molecule has 0 aliphatic heterocycles. The second-order valence-electron chi connectivity index (χ2n) is 5.80. The van der Waals surface area contributed by atoms with Gasteiger partial charge in [-0.2, -0.15) is 5.26 Å². The van der Waals surface area contributed by atoms with Gasteiger partial charge in [0.1, 0.15) is 5.60 Å². The van der Waals surface area contributed by atoms with Crippen LogP contribution in [0, 0.1) is 11.3 Å². The Hall–Kier alpha value is -2.68. The van der Waals surface area contributed by atoms with Crippen LogP contribution in [0.25, 0.3) is 10.1 Å². The van der Waals surface area contributed by atoms with Crippen molar-refractivity contribution in [2.45, 2.75) is 12.5 Å². The van der Waals surface area contributed by atoms with Gasteiger partial charge in [-0.3, -0.25) is 4.79 Å². The molecule has 0 spiro atoms. The lowest BCUT2D eigenvalue weighted by atomic mass is 10.0. The van der Waals surface area contributed by atoms with E-state index in [1.165, 1.54) is 17.4 Å². The third-order valence-electron chi connectivity index (χ3n) is 3.80. The van der Waals surface area contributed by atoms with Gasteiger partial charge < -0.3 is 10.4 Å². The Morgan fingerprint density at radius 3 is 2.79 bits per heavy atom. The number of carbonyl (C=O) groups is 1. The van der Waals surface area contributed by atoms with Gasteiger partial charge in [0.2, 0.25) is 0 Å². The largest absolute Gasteiger partial charge is 0.383 e. The average Bonchev–Trinajstić information content (AvgIpc) is 3.05. The van der Waals surface area contributed by atoms with Crippen LogP contribution < -0.4 is 5.32 Å². The maximum atomic E-state index is 12.2. The average molecular weight is 336 g/mol. The summed E-state index contributed by atoms with van der Waals surface area (Å²) in [4.78, 5) is 13.0. The summed E-state index contributed by atoms with van der Waals surface area (Å²) in [6.07, 6.45) is 0. The first kappa shape index (κ1) is 16.2. The molecule has 24 heavy (non-hydrogen) atoms. The molecule has 0 saturated heterocycles. The van der Waals surface area contributed by atoms with Gasteiger partial charge >= 0.3 is 0 Å². The van der Waals surface area contributed by atoms with Crippen LogP contribution in [-0.4, -0.2) is 17.6 Å². The minimum absolute atomic E-state index is 0.0927. The molecule has 0 aliphatic rings. The van der Waals surface area contributed by atoms with Crippen LogP contribution in [-0.2, 0) is 5.60 Å². The zero-order valence-electron chi connectivity index (χ0n) is 13.1. The SMILES string of the molecule is CC(O)(CNC(=O)c1cccc(C#N)c1)c1cc2ccccc2s1. The van der Waals surface area contributed by atoms with Crippen molar-refractivity contribution in [1.29, 1.82) is 5.26 Å². The smallest absolute Gasteiger partial charge is 0.251 e. The quantitative estimate of drug-likeness (QED) is 0.767. The molecular formula is C19H16N2O2S. The van der Waals surface area contributed by atoms with Gasteiger partial charge in [-0.25, -0.2) is 0 Å². The summed E-state index contributed by atoms with van der Waals surface area (Å²) in [6.45, 7) is 1.78. The summed E-state index contributed by atoms with van der Waals surface area (Å²) in [7, 11) is 0. The van der Waals surface area contributed by atoms with Crippen LogP contribution in [0.3, 0.4) is 0 Å². The number of rotatable bonds is 4. The summed E-state index contributed by atoms with van der Waals surface area (Å²) in [5.74, 6) is -0.312. The molecule has 0 fully saturated rings. The summed E-state index contributed by atoms with van der Waals surface area (Å²) in [6, 6.07) is 18.4. The van der Waals surface area contributed by atoms with Gasteiger partial charge in [-0.1, -0.05) is 24.3 Å². The monoisotopic (exact) mass is 336 g/mol. The van der Waals surface area contributed by atoms with Crippen LogP contribution in [0.4, 0.5) is 0 Å². The Morgan fingerprint density at radius 1 is 1.25 bits per heavy atom. The van der Waals surface area contributed by atoms with E-state index in [-0.39, 0.29) is 12.5 Å². The van der Waals surface area contributed by atoms with Crippen molar-refractivity contribution in [2.24, 2.45) is 0 Å². The highest BCUT2D eigenvalue weighted by Gasteiger charge is 2.26. The molecule has 3 aromatic rings. The third-order valence-corrected chi connectivity index (χ3v) is 5.17. The molecule has 4 nitrogen and oxygen atoms in total. The van der Waals surface area contributed by atoms with E-state index in [1.54, 1.807) is 25.1 Å². The third kappa shape index (κ3) is 3.30. The normalized spacial score (nSPS) is 13.2. The van der Waals surface area contributed by atoms with Gasteiger partial charge in [0.05, 0.1) is 18.2 Å². The van der Waals surface area contributed by atoms with Gasteiger partial charge in [0, 0.05) is 15.1 Å². The second-order valence-corrected chi connectivity index (χ2v) is 6.88. The zero-order chi connectivity index (χ0) is 17.2. The summed E-state index contributed by atoms with van der Waals surface area (Å²) in [5, 5.41) is 23.4. The number of thiophene rings is 1. The van der Waals surface area contributed by atoms with Crippen molar-refractivity contribution in [3.63, 3.8) is 0 Å². The topological polar surface area (TPSA) is 73.1 Å². The lowest BCUT2D eigenvalue weighted by Gasteiger charge is -2.22. The van der Waals surface area contributed by atoms with Gasteiger partial charge in [0.15, 0.2) is 0 Å². The van der Waals surface area contributed by atoms with Crippen LogP contribution in [0.2, 0.25) is 0 Å². The predicted octanol–water partition coefficient (Wildman–Crippen LogP) is 3.41. The van der Waals surface area contributed by atoms with E-state index in [1.807, 2.05) is 36.4 Å². The van der Waals surface area contributed by atoms with E-state index in [0.717, 1.165) is 15.0 Å². The molecule has 120 valence electrons. The second kappa shape index (κ2) is 6.44. The van der Waals surface area contributed by atoms with Crippen molar-refractivity contribution in [3.05, 3.63) is 70.6 Å². The highest BCUT2D eigenvalue weighted by Crippen LogP contribution is 2.32. The Morgan fingerprint density at radius 2 is 2.04 bits per heavy atom. The molecule has 1 aromatic heterocycles. The highest BCUT2D eigenvalue weighted by molar-refractivity contribution is 7.19. The summed E-state index contributed by atoms with van der Waals surface area (Å²) >= 11 is 1.51. The maximum Gasteiger partial charge on any atom is 0.251 e. The molecule has 5 heteroatoms. The molecule has 1 heterocycles. The molecule has 0 bridgehead atoms. The van der Waals surface area contributed by atoms with Crippen LogP contribution in [0.5, 0.6) is 0 Å². The molecule has 2 aromatic carbocycles. The number of hydrogen-bond acceptors (Lipinski definition) is 4. The summed E-state index contributed by atoms with van der Waals surface area (Å²) < 4.78 is 1.10. The van der Waals surface area contributed by atoms with E-state index in [2.05, 4.69) is 5.32 Å². The number of nitrogens with zero attached hydrogens (tertiary/aromatic N) is 1. The summed E-state index contributed by atoms with van der Waals surface area (Å²) in [5.41, 5.74) is -0.327. The number of fused-ring (bicyclic) bond motifs is 1. The minimum Gasteiger partial charge on any atom is -0.383 e. The number of benzene rings is 2. The molecule has 0 aliphatic carbocycles. The lowest BCUT2D eigenvalue weighted by molar-refractivity contribution is 0.0557. The van der Waals surface area contributed by atoms with Gasteiger partial charge in [-0.05, 0) is 42.6 Å². The van der Waals surface area contributed by atoms with Crippen molar-refractivity contribution in [3.8, 4) is 6.07 Å². The first-order valence-electron chi connectivity index (χ1n) is 7.49. The molecule has 3 rings (SSSR count). The highest BCUT2D eigenvalue weighted by atomic mass is 32.1. The first-order valence-corrected chi connectivity index (χ1v) is 8.31.